The van der Waals surface area contributed by atoms with Crippen molar-refractivity contribution in [2.75, 3.05) is 6.61 Å². The molecule has 0 amide bonds. The molecule has 0 bridgehead atoms. The molecule has 1 heterocycles. The molecule has 4 nitrogen and oxygen atoms in total. The monoisotopic (exact) mass is 388 g/mol. The van der Waals surface area contributed by atoms with Crippen LogP contribution in [0.1, 0.15) is 31.8 Å². The number of Topliss-reactive ketones (excluding diaryl/α,β-unsaturated/α-hetero) is 2. The number of ketones is 2. The van der Waals surface area contributed by atoms with Crippen LogP contribution in [-0.2, 0) is 0 Å². The number of ether oxygens (including phenoxy) is 2. The molecule has 0 saturated carbocycles. The molecule has 1 aliphatic rings. The Morgan fingerprint density at radius 1 is 1.03 bits per heavy atom. The Kier molecular flexibility index (Phi) is 4.96. The fourth-order valence-corrected chi connectivity index (χ4v) is 3.09. The van der Waals surface area contributed by atoms with Crippen LogP contribution >= 0.6 is 0 Å². The van der Waals surface area contributed by atoms with Gasteiger partial charge in [0.05, 0.1) is 5.56 Å². The van der Waals surface area contributed by atoms with Crippen molar-refractivity contribution in [1.82, 2.24) is 0 Å². The molecule has 0 atom stereocenters. The molecule has 3 aromatic carbocycles. The fraction of sp³-hybridized carbons (Fsp3) is 0.0833. The lowest BCUT2D eigenvalue weighted by Gasteiger charge is -2.11. The van der Waals surface area contributed by atoms with Crippen molar-refractivity contribution in [1.29, 1.82) is 0 Å². The summed E-state index contributed by atoms with van der Waals surface area (Å²) in [5.41, 5.74) is 2.30. The molecule has 0 fully saturated rings. The molecule has 0 N–H and O–H groups in total. The summed E-state index contributed by atoms with van der Waals surface area (Å²) in [5.74, 6) is 0.305. The van der Waals surface area contributed by atoms with Gasteiger partial charge in [-0.05, 0) is 42.8 Å². The summed E-state index contributed by atoms with van der Waals surface area (Å²) in [5, 5.41) is 0. The predicted molar refractivity (Wildman–Crippen MR) is 107 cm³/mol. The molecule has 29 heavy (non-hydrogen) atoms. The highest BCUT2D eigenvalue weighted by atomic mass is 19.1. The molecule has 0 aromatic heterocycles. The van der Waals surface area contributed by atoms with Gasteiger partial charge < -0.3 is 9.47 Å². The highest BCUT2D eigenvalue weighted by molar-refractivity contribution is 6.15. The summed E-state index contributed by atoms with van der Waals surface area (Å²) in [6, 6.07) is 18.0. The minimum atomic E-state index is -0.350. The maximum absolute atomic E-state index is 13.1. The highest BCUT2D eigenvalue weighted by Crippen LogP contribution is 2.39. The van der Waals surface area contributed by atoms with Crippen molar-refractivity contribution in [2.45, 2.75) is 6.92 Å². The van der Waals surface area contributed by atoms with E-state index in [4.69, 9.17) is 9.47 Å². The topological polar surface area (TPSA) is 52.6 Å². The number of hydrogen-bond donors (Lipinski definition) is 0. The molecule has 1 aliphatic heterocycles. The summed E-state index contributed by atoms with van der Waals surface area (Å²) in [7, 11) is 0. The van der Waals surface area contributed by atoms with E-state index in [1.807, 2.05) is 6.07 Å². The number of rotatable bonds is 5. The normalized spacial score (nSPS) is 13.9. The molecular weight excluding hydrogens is 371 g/mol. The first-order valence-electron chi connectivity index (χ1n) is 9.07. The molecular formula is C24H17FO4. The average Bonchev–Trinajstić information content (AvgIpc) is 3.06. The summed E-state index contributed by atoms with van der Waals surface area (Å²) in [6.45, 7) is 1.66. The van der Waals surface area contributed by atoms with Crippen LogP contribution < -0.4 is 9.47 Å². The molecule has 0 aliphatic carbocycles. The third-order valence-electron chi connectivity index (χ3n) is 4.66. The van der Waals surface area contributed by atoms with E-state index in [2.05, 4.69) is 0 Å². The zero-order chi connectivity index (χ0) is 20.4. The second-order valence-electron chi connectivity index (χ2n) is 6.63. The van der Waals surface area contributed by atoms with E-state index in [9.17, 15) is 14.0 Å². The second kappa shape index (κ2) is 7.72. The van der Waals surface area contributed by atoms with Crippen molar-refractivity contribution in [2.24, 2.45) is 0 Å². The molecule has 3 aromatic rings. The first kappa shape index (κ1) is 18.6. The maximum Gasteiger partial charge on any atom is 0.231 e. The van der Waals surface area contributed by atoms with Crippen molar-refractivity contribution in [3.63, 3.8) is 0 Å². The van der Waals surface area contributed by atoms with Gasteiger partial charge in [-0.1, -0.05) is 42.5 Å². The number of hydrogen-bond acceptors (Lipinski definition) is 4. The standard InChI is InChI=1S/C24H17FO4/c1-15-21(28-14-20(26)17-5-3-2-4-6-17)12-11-19-23(27)22(29-24(15)19)13-16-7-9-18(25)10-8-16/h2-13H,14H2,1H3/b22-13-. The maximum atomic E-state index is 13.1. The Balaban J connectivity index is 1.53. The summed E-state index contributed by atoms with van der Waals surface area (Å²) in [4.78, 5) is 24.9. The van der Waals surface area contributed by atoms with Crippen LogP contribution in [0.5, 0.6) is 11.5 Å². The van der Waals surface area contributed by atoms with E-state index in [1.54, 1.807) is 61.5 Å². The van der Waals surface area contributed by atoms with E-state index >= 15 is 0 Å². The van der Waals surface area contributed by atoms with Crippen LogP contribution in [0.3, 0.4) is 0 Å². The molecule has 4 rings (SSSR count). The van der Waals surface area contributed by atoms with Crippen LogP contribution in [0.2, 0.25) is 0 Å². The number of halogens is 1. The van der Waals surface area contributed by atoms with E-state index in [-0.39, 0.29) is 29.7 Å². The summed E-state index contributed by atoms with van der Waals surface area (Å²) in [6.07, 6.45) is 1.57. The zero-order valence-electron chi connectivity index (χ0n) is 15.6. The second-order valence-corrected chi connectivity index (χ2v) is 6.63. The van der Waals surface area contributed by atoms with E-state index in [0.717, 1.165) is 0 Å². The smallest absolute Gasteiger partial charge is 0.231 e. The van der Waals surface area contributed by atoms with Gasteiger partial charge in [0.1, 0.15) is 17.3 Å². The van der Waals surface area contributed by atoms with E-state index in [1.165, 1.54) is 12.1 Å². The highest BCUT2D eigenvalue weighted by Gasteiger charge is 2.30. The fourth-order valence-electron chi connectivity index (χ4n) is 3.09. The molecule has 0 radical (unpaired) electrons. The van der Waals surface area contributed by atoms with Crippen molar-refractivity contribution in [3.8, 4) is 11.5 Å². The first-order valence-corrected chi connectivity index (χ1v) is 9.07. The van der Waals surface area contributed by atoms with Gasteiger partial charge in [0.2, 0.25) is 5.78 Å². The third-order valence-corrected chi connectivity index (χ3v) is 4.66. The Morgan fingerprint density at radius 3 is 2.48 bits per heavy atom. The quantitative estimate of drug-likeness (QED) is 0.455. The number of fused-ring (bicyclic) bond motifs is 1. The Hall–Kier alpha value is -3.73. The van der Waals surface area contributed by atoms with Gasteiger partial charge in [-0.3, -0.25) is 9.59 Å². The lowest BCUT2D eigenvalue weighted by molar-refractivity contribution is 0.0920. The third kappa shape index (κ3) is 3.80. The van der Waals surface area contributed by atoms with Crippen molar-refractivity contribution >= 4 is 17.6 Å². The molecule has 0 saturated heterocycles. The lowest BCUT2D eigenvalue weighted by atomic mass is 10.1. The van der Waals surface area contributed by atoms with Crippen LogP contribution in [0, 0.1) is 12.7 Å². The number of allylic oxidation sites excluding steroid dienone is 1. The van der Waals surface area contributed by atoms with E-state index < -0.39 is 0 Å². The Morgan fingerprint density at radius 2 is 1.76 bits per heavy atom. The SMILES string of the molecule is Cc1c(OCC(=O)c2ccccc2)ccc2c1O/C(=C\c1ccc(F)cc1)C2=O. The molecule has 0 spiro atoms. The van der Waals surface area contributed by atoms with Gasteiger partial charge in [-0.15, -0.1) is 0 Å². The van der Waals surface area contributed by atoms with Crippen molar-refractivity contribution < 1.29 is 23.5 Å². The molecule has 144 valence electrons. The van der Waals surface area contributed by atoms with Gasteiger partial charge in [-0.2, -0.15) is 0 Å². The van der Waals surface area contributed by atoms with Crippen molar-refractivity contribution in [3.05, 3.63) is 101 Å². The van der Waals surface area contributed by atoms with Gasteiger partial charge in [0.15, 0.2) is 18.1 Å². The first-order chi connectivity index (χ1) is 14.0. The average molecular weight is 388 g/mol. The van der Waals surface area contributed by atoms with Gasteiger partial charge in [0.25, 0.3) is 0 Å². The van der Waals surface area contributed by atoms with Gasteiger partial charge in [0, 0.05) is 11.1 Å². The van der Waals surface area contributed by atoms with Crippen LogP contribution in [0.15, 0.2) is 72.5 Å². The minimum Gasteiger partial charge on any atom is -0.485 e. The zero-order valence-corrected chi connectivity index (χ0v) is 15.6. The minimum absolute atomic E-state index is 0.115. The molecule has 0 unspecified atom stereocenters. The number of carbonyl (C=O) groups is 2. The van der Waals surface area contributed by atoms with Crippen LogP contribution in [-0.4, -0.2) is 18.2 Å². The number of carbonyl (C=O) groups excluding carboxylic acids is 2. The van der Waals surface area contributed by atoms with Crippen LogP contribution in [0.25, 0.3) is 6.08 Å². The van der Waals surface area contributed by atoms with Gasteiger partial charge >= 0.3 is 0 Å². The Labute approximate surface area is 167 Å². The van der Waals surface area contributed by atoms with E-state index in [0.29, 0.717) is 33.8 Å². The molecule has 5 heteroatoms. The Bertz CT molecular complexity index is 1120. The van der Waals surface area contributed by atoms with Crippen LogP contribution in [0.4, 0.5) is 4.39 Å². The largest absolute Gasteiger partial charge is 0.485 e. The van der Waals surface area contributed by atoms with Gasteiger partial charge in [-0.25, -0.2) is 4.39 Å². The summed E-state index contributed by atoms with van der Waals surface area (Å²) >= 11 is 0. The predicted octanol–water partition coefficient (Wildman–Crippen LogP) is 5.01. The number of benzene rings is 3. The summed E-state index contributed by atoms with van der Waals surface area (Å²) < 4.78 is 24.5. The lowest BCUT2D eigenvalue weighted by Crippen LogP contribution is -2.12.